The molecule has 2 atom stereocenters. The van der Waals surface area contributed by atoms with Crippen molar-refractivity contribution in [3.63, 3.8) is 0 Å². The van der Waals surface area contributed by atoms with E-state index >= 15 is 0 Å². The van der Waals surface area contributed by atoms with Crippen molar-refractivity contribution in [3.8, 4) is 0 Å². The molecule has 0 saturated heterocycles. The Bertz CT molecular complexity index is 3560. The molecule has 0 spiro atoms. The maximum Gasteiger partial charge on any atom is 0.249 e. The standard InChI is InChI=1S/C74H90BN3/c1-66(2,3)45-24-31-50(32-25-45)76-59-43-52(78-58-37-30-49(70(13,14)15)42-57(58)73(20)38-22-23-39-74(73,78)21)44-60-62(59)75(64-63(76)54-36-29-48(69(10,11)12)41-56(54)71(64,16)17)61-53-35-28-47(68(7,8)9)40-55(53)72(18,19)65(61)77(60)51-33-26-46(27-34-51)67(4,5)6/h24-37,40-44H,22-23,38-39H2,1-21H3. The lowest BCUT2D eigenvalue weighted by Gasteiger charge is -2.51. The lowest BCUT2D eigenvalue weighted by Crippen LogP contribution is -2.55. The van der Waals surface area contributed by atoms with Crippen LogP contribution >= 0.6 is 0 Å². The van der Waals surface area contributed by atoms with Gasteiger partial charge in [0.25, 0.3) is 0 Å². The van der Waals surface area contributed by atoms with Crippen molar-refractivity contribution in [1.29, 1.82) is 0 Å². The smallest absolute Gasteiger partial charge is 0.249 e. The molecule has 6 aromatic carbocycles. The fourth-order valence-corrected chi connectivity index (χ4v) is 15.5. The van der Waals surface area contributed by atoms with Gasteiger partial charge in [0.2, 0.25) is 6.71 Å². The first-order valence-corrected chi connectivity index (χ1v) is 29.8. The minimum Gasteiger partial charge on any atom is -0.334 e. The van der Waals surface area contributed by atoms with E-state index in [0.29, 0.717) is 0 Å². The van der Waals surface area contributed by atoms with Crippen molar-refractivity contribution in [2.75, 3.05) is 14.7 Å². The highest BCUT2D eigenvalue weighted by Gasteiger charge is 2.61. The molecule has 0 aromatic heterocycles. The van der Waals surface area contributed by atoms with Gasteiger partial charge in [-0.05, 0) is 150 Å². The van der Waals surface area contributed by atoms with Crippen molar-refractivity contribution in [2.24, 2.45) is 0 Å². The Labute approximate surface area is 471 Å². The van der Waals surface area contributed by atoms with Crippen molar-refractivity contribution in [3.05, 3.63) is 182 Å². The molecule has 12 rings (SSSR count). The van der Waals surface area contributed by atoms with E-state index in [1.807, 2.05) is 0 Å². The molecule has 0 N–H and O–H groups in total. The number of anilines is 6. The molecule has 1 fully saturated rings. The average Bonchev–Trinajstić information content (AvgIpc) is 3.79. The third-order valence-electron chi connectivity index (χ3n) is 20.6. The number of hydrogen-bond donors (Lipinski definition) is 0. The van der Waals surface area contributed by atoms with Gasteiger partial charge in [-0.3, -0.25) is 0 Å². The Hall–Kier alpha value is -5.74. The van der Waals surface area contributed by atoms with Gasteiger partial charge in [-0.2, -0.15) is 0 Å². The minimum atomic E-state index is -0.338. The fourth-order valence-electron chi connectivity index (χ4n) is 15.5. The van der Waals surface area contributed by atoms with Crippen molar-refractivity contribution >= 4 is 57.5 Å². The summed E-state index contributed by atoms with van der Waals surface area (Å²) < 4.78 is 0. The molecule has 78 heavy (non-hydrogen) atoms. The first-order chi connectivity index (χ1) is 36.1. The molecule has 404 valence electrons. The van der Waals surface area contributed by atoms with E-state index in [2.05, 4.69) is 275 Å². The molecular formula is C74H90BN3. The van der Waals surface area contributed by atoms with Crippen LogP contribution in [-0.4, -0.2) is 12.3 Å². The van der Waals surface area contributed by atoms with Gasteiger partial charge in [-0.1, -0.05) is 230 Å². The summed E-state index contributed by atoms with van der Waals surface area (Å²) in [6.07, 6.45) is 4.78. The van der Waals surface area contributed by atoms with E-state index in [1.165, 1.54) is 137 Å². The normalized spacial score (nSPS) is 22.1. The SMILES string of the molecule is CC(C)(C)c1ccc(N2C3=C(B4C5=C(N(c6ccc(C(C)(C)C)cc6)c6cc(N7c8ccc(C(C)(C)C)cc8C8(C)CCCCC78C)cc2c64)C(C)(C)c2cc(C(C)(C)C)ccc25)C(C)(C)c2cc(C(C)(C)C)ccc23)cc1. The van der Waals surface area contributed by atoms with Gasteiger partial charge < -0.3 is 14.7 Å². The zero-order valence-electron chi connectivity index (χ0n) is 51.7. The lowest BCUT2D eigenvalue weighted by molar-refractivity contribution is 0.195. The number of allylic oxidation sites excluding steroid dienone is 2. The van der Waals surface area contributed by atoms with Gasteiger partial charge in [0, 0.05) is 67.3 Å². The van der Waals surface area contributed by atoms with E-state index in [9.17, 15) is 0 Å². The van der Waals surface area contributed by atoms with Gasteiger partial charge in [0.15, 0.2) is 0 Å². The molecule has 0 bridgehead atoms. The van der Waals surface area contributed by atoms with E-state index in [-0.39, 0.29) is 55.6 Å². The molecule has 6 aliphatic rings. The lowest BCUT2D eigenvalue weighted by atomic mass is 9.29. The van der Waals surface area contributed by atoms with E-state index < -0.39 is 0 Å². The van der Waals surface area contributed by atoms with Crippen LogP contribution in [-0.2, 0) is 43.3 Å². The third kappa shape index (κ3) is 7.41. The summed E-state index contributed by atoms with van der Waals surface area (Å²) in [5, 5.41) is 0. The Morgan fingerprint density at radius 3 is 1.33 bits per heavy atom. The quantitative estimate of drug-likeness (QED) is 0.164. The molecule has 4 heteroatoms. The molecule has 3 nitrogen and oxygen atoms in total. The van der Waals surface area contributed by atoms with Crippen LogP contribution in [0.15, 0.2) is 126 Å². The second-order valence-electron chi connectivity index (χ2n) is 31.5. The molecule has 3 aliphatic carbocycles. The summed E-state index contributed by atoms with van der Waals surface area (Å²) >= 11 is 0. The molecule has 0 amide bonds. The van der Waals surface area contributed by atoms with Crippen LogP contribution in [0.5, 0.6) is 0 Å². The van der Waals surface area contributed by atoms with Gasteiger partial charge in [0.1, 0.15) is 0 Å². The Kier molecular flexibility index (Phi) is 11.2. The van der Waals surface area contributed by atoms with E-state index in [0.717, 1.165) is 6.42 Å². The fraction of sp³-hybridized carbons (Fsp3) is 0.459. The summed E-state index contributed by atoms with van der Waals surface area (Å²) in [4.78, 5) is 8.39. The van der Waals surface area contributed by atoms with Crippen LogP contribution < -0.4 is 20.2 Å². The number of nitrogens with zero attached hydrogens (tertiary/aromatic N) is 3. The summed E-state index contributed by atoms with van der Waals surface area (Å²) in [7, 11) is 0. The van der Waals surface area contributed by atoms with Crippen LogP contribution in [0.4, 0.5) is 34.1 Å². The van der Waals surface area contributed by atoms with Crippen molar-refractivity contribution in [2.45, 2.75) is 220 Å². The number of benzene rings is 6. The second-order valence-corrected chi connectivity index (χ2v) is 31.5. The molecule has 3 heterocycles. The summed E-state index contributed by atoms with van der Waals surface area (Å²) in [6, 6.07) is 47.5. The maximum absolute atomic E-state index is 2.86. The summed E-state index contributed by atoms with van der Waals surface area (Å²) in [5.74, 6) is 0. The first kappa shape index (κ1) is 52.9. The molecule has 2 unspecified atom stereocenters. The topological polar surface area (TPSA) is 9.72 Å². The minimum absolute atomic E-state index is 0.00542. The highest BCUT2D eigenvalue weighted by Crippen LogP contribution is 2.66. The van der Waals surface area contributed by atoms with Crippen LogP contribution in [0, 0.1) is 0 Å². The molecule has 0 radical (unpaired) electrons. The second kappa shape index (κ2) is 16.4. The zero-order chi connectivity index (χ0) is 56.2. The summed E-state index contributed by atoms with van der Waals surface area (Å²) in [5.41, 5.74) is 28.1. The highest BCUT2D eigenvalue weighted by atomic mass is 15.3. The Morgan fingerprint density at radius 2 is 0.821 bits per heavy atom. The molecular weight excluding hydrogens is 942 g/mol. The predicted molar refractivity (Wildman–Crippen MR) is 338 cm³/mol. The van der Waals surface area contributed by atoms with E-state index in [1.54, 1.807) is 0 Å². The summed E-state index contributed by atoms with van der Waals surface area (Å²) in [6.45, 7) is 50.8. The predicted octanol–water partition coefficient (Wildman–Crippen LogP) is 19.4. The maximum atomic E-state index is 2.86. The Balaban J connectivity index is 1.25. The van der Waals surface area contributed by atoms with Crippen LogP contribution in [0.1, 0.15) is 227 Å². The van der Waals surface area contributed by atoms with Gasteiger partial charge in [-0.25, -0.2) is 0 Å². The van der Waals surface area contributed by atoms with Crippen molar-refractivity contribution < 1.29 is 0 Å². The van der Waals surface area contributed by atoms with Gasteiger partial charge in [-0.15, -0.1) is 0 Å². The molecule has 6 aromatic rings. The number of fused-ring (bicyclic) bond motifs is 9. The number of rotatable bonds is 3. The van der Waals surface area contributed by atoms with Crippen LogP contribution in [0.3, 0.4) is 0 Å². The number of hydrogen-bond acceptors (Lipinski definition) is 3. The highest BCUT2D eigenvalue weighted by molar-refractivity contribution is 6.99. The third-order valence-corrected chi connectivity index (χ3v) is 20.6. The largest absolute Gasteiger partial charge is 0.334 e. The first-order valence-electron chi connectivity index (χ1n) is 29.8. The van der Waals surface area contributed by atoms with E-state index in [4.69, 9.17) is 0 Å². The molecule has 3 aliphatic heterocycles. The Morgan fingerprint density at radius 1 is 0.397 bits per heavy atom. The van der Waals surface area contributed by atoms with Crippen LogP contribution in [0.25, 0.3) is 11.2 Å². The monoisotopic (exact) mass is 1030 g/mol. The van der Waals surface area contributed by atoms with Gasteiger partial charge in [0.05, 0.1) is 5.54 Å². The zero-order valence-corrected chi connectivity index (χ0v) is 51.7. The van der Waals surface area contributed by atoms with Crippen molar-refractivity contribution in [1.82, 2.24) is 0 Å². The van der Waals surface area contributed by atoms with Crippen LogP contribution in [0.2, 0.25) is 0 Å². The molecule has 1 saturated carbocycles. The van der Waals surface area contributed by atoms with Gasteiger partial charge >= 0.3 is 0 Å². The average molecular weight is 1030 g/mol.